The maximum atomic E-state index is 14.1. The van der Waals surface area contributed by atoms with Gasteiger partial charge in [0.25, 0.3) is 0 Å². The number of carbonyl (C=O) groups excluding carboxylic acids is 1. The van der Waals surface area contributed by atoms with Gasteiger partial charge in [0.15, 0.2) is 0 Å². The van der Waals surface area contributed by atoms with Crippen molar-refractivity contribution in [2.45, 2.75) is 31.8 Å². The fourth-order valence-electron chi connectivity index (χ4n) is 3.36. The Balaban J connectivity index is 1.62. The van der Waals surface area contributed by atoms with E-state index >= 15 is 0 Å². The van der Waals surface area contributed by atoms with Crippen LogP contribution in [-0.2, 0) is 17.9 Å². The molecule has 7 nitrogen and oxygen atoms in total. The number of nitrogens with zero attached hydrogens (tertiary/aromatic N) is 4. The fraction of sp³-hybridized carbons (Fsp3) is 0.263. The van der Waals surface area contributed by atoms with Crippen molar-refractivity contribution in [1.29, 1.82) is 0 Å². The Morgan fingerprint density at radius 2 is 2.10 bits per heavy atom. The lowest BCUT2D eigenvalue weighted by Crippen LogP contribution is -2.32. The predicted molar refractivity (Wildman–Crippen MR) is 107 cm³/mol. The third-order valence-electron chi connectivity index (χ3n) is 4.80. The molecular weight excluding hydrogens is 420 g/mol. The molecule has 0 saturated heterocycles. The molecule has 1 N–H and O–H groups in total. The first-order chi connectivity index (χ1) is 13.9. The average molecular weight is 436 g/mol. The van der Waals surface area contributed by atoms with Crippen LogP contribution in [0.25, 0.3) is 0 Å². The topological polar surface area (TPSA) is 81.8 Å². The molecule has 1 amide bonds. The van der Waals surface area contributed by atoms with E-state index in [4.69, 9.17) is 23.2 Å². The van der Waals surface area contributed by atoms with Gasteiger partial charge in [0, 0.05) is 23.3 Å². The maximum Gasteiger partial charge on any atom is 0.346 e. The van der Waals surface area contributed by atoms with Crippen molar-refractivity contribution in [3.63, 3.8) is 0 Å². The molecule has 1 unspecified atom stereocenters. The van der Waals surface area contributed by atoms with Crippen molar-refractivity contribution < 1.29 is 9.18 Å². The number of nitrogens with one attached hydrogen (secondary N) is 1. The molecule has 150 valence electrons. The number of hydrogen-bond acceptors (Lipinski definition) is 4. The molecule has 0 fully saturated rings. The van der Waals surface area contributed by atoms with Crippen LogP contribution >= 0.6 is 23.2 Å². The quantitative estimate of drug-likeness (QED) is 0.680. The number of hydrogen-bond donors (Lipinski definition) is 1. The highest BCUT2D eigenvalue weighted by atomic mass is 35.5. The molecule has 1 aromatic carbocycles. The lowest BCUT2D eigenvalue weighted by atomic mass is 9.98. The molecule has 0 radical (unpaired) electrons. The summed E-state index contributed by atoms with van der Waals surface area (Å²) < 4.78 is 16.7. The zero-order valence-corrected chi connectivity index (χ0v) is 16.6. The van der Waals surface area contributed by atoms with Crippen LogP contribution in [0, 0.1) is 5.82 Å². The van der Waals surface area contributed by atoms with E-state index in [2.05, 4.69) is 15.4 Å². The molecule has 1 aliphatic heterocycles. The van der Waals surface area contributed by atoms with E-state index < -0.39 is 17.4 Å². The summed E-state index contributed by atoms with van der Waals surface area (Å²) in [6, 6.07) is 7.53. The number of halogens is 3. The number of aromatic nitrogens is 4. The molecule has 0 aliphatic carbocycles. The molecule has 2 aromatic heterocycles. The van der Waals surface area contributed by atoms with Gasteiger partial charge in [-0.25, -0.2) is 18.9 Å². The van der Waals surface area contributed by atoms with Crippen LogP contribution in [0.3, 0.4) is 0 Å². The van der Waals surface area contributed by atoms with E-state index in [1.165, 1.54) is 22.9 Å². The molecule has 29 heavy (non-hydrogen) atoms. The molecular formula is C19H16Cl2FN5O2. The zero-order valence-electron chi connectivity index (χ0n) is 15.1. The summed E-state index contributed by atoms with van der Waals surface area (Å²) in [5.41, 5.74) is -0.223. The van der Waals surface area contributed by atoms with E-state index in [0.717, 1.165) is 4.68 Å². The van der Waals surface area contributed by atoms with Crippen LogP contribution in [0.15, 0.2) is 41.3 Å². The van der Waals surface area contributed by atoms with Gasteiger partial charge in [-0.2, -0.15) is 5.10 Å². The van der Waals surface area contributed by atoms with Crippen molar-refractivity contribution in [3.8, 4) is 0 Å². The van der Waals surface area contributed by atoms with Crippen molar-refractivity contribution >= 4 is 34.9 Å². The molecule has 0 spiro atoms. The highest BCUT2D eigenvalue weighted by molar-refractivity contribution is 6.31. The lowest BCUT2D eigenvalue weighted by molar-refractivity contribution is -0.118. The minimum absolute atomic E-state index is 0.114. The summed E-state index contributed by atoms with van der Waals surface area (Å²) in [5, 5.41) is 7.72. The van der Waals surface area contributed by atoms with Gasteiger partial charge in [0.05, 0.1) is 17.5 Å². The van der Waals surface area contributed by atoms with Crippen LogP contribution in [-0.4, -0.2) is 25.2 Å². The van der Waals surface area contributed by atoms with Gasteiger partial charge in [0.2, 0.25) is 5.91 Å². The van der Waals surface area contributed by atoms with Gasteiger partial charge < -0.3 is 5.32 Å². The first-order valence-electron chi connectivity index (χ1n) is 8.97. The monoisotopic (exact) mass is 435 g/mol. The van der Waals surface area contributed by atoms with Gasteiger partial charge in [-0.15, -0.1) is 0 Å². The van der Waals surface area contributed by atoms with Crippen LogP contribution in [0.2, 0.25) is 10.0 Å². The van der Waals surface area contributed by atoms with Crippen LogP contribution in [0.5, 0.6) is 0 Å². The van der Waals surface area contributed by atoms with Crippen molar-refractivity contribution in [1.82, 2.24) is 19.3 Å². The second-order valence-electron chi connectivity index (χ2n) is 6.70. The highest BCUT2D eigenvalue weighted by Crippen LogP contribution is 2.26. The Hall–Kier alpha value is -2.71. The van der Waals surface area contributed by atoms with Gasteiger partial charge >= 0.3 is 5.69 Å². The third-order valence-corrected chi connectivity index (χ3v) is 5.38. The van der Waals surface area contributed by atoms with E-state index in [1.807, 2.05) is 0 Å². The number of benzene rings is 1. The average Bonchev–Trinajstić information content (AvgIpc) is 3.02. The van der Waals surface area contributed by atoms with Gasteiger partial charge in [-0.3, -0.25) is 9.36 Å². The van der Waals surface area contributed by atoms with Crippen molar-refractivity contribution in [3.05, 3.63) is 74.3 Å². The summed E-state index contributed by atoms with van der Waals surface area (Å²) in [7, 11) is 0. The maximum absolute atomic E-state index is 14.1. The zero-order chi connectivity index (χ0) is 20.5. The Bertz CT molecular complexity index is 1110. The van der Waals surface area contributed by atoms with E-state index in [-0.39, 0.29) is 23.0 Å². The van der Waals surface area contributed by atoms with Gasteiger partial charge in [0.1, 0.15) is 17.5 Å². The Morgan fingerprint density at radius 1 is 1.28 bits per heavy atom. The molecule has 1 aliphatic rings. The second kappa shape index (κ2) is 7.96. The molecule has 0 saturated carbocycles. The van der Waals surface area contributed by atoms with Gasteiger partial charge in [-0.1, -0.05) is 29.3 Å². The molecule has 3 aromatic rings. The predicted octanol–water partition coefficient (Wildman–Crippen LogP) is 3.45. The standard InChI is InChI=1S/C19H16Cl2FN5O2/c20-11-6-7-16(23-9-11)24-18(28)12-3-2-8-26-17(12)25-27(19(26)29)10-13-14(21)4-1-5-15(13)22/h1,4-7,9,12H,2-3,8,10H2,(H,23,24,28). The van der Waals surface area contributed by atoms with E-state index in [0.29, 0.717) is 36.1 Å². The van der Waals surface area contributed by atoms with Crippen LogP contribution in [0.4, 0.5) is 10.2 Å². The Kier molecular flexibility index (Phi) is 5.38. The Morgan fingerprint density at radius 3 is 2.83 bits per heavy atom. The van der Waals surface area contributed by atoms with E-state index in [1.54, 1.807) is 18.2 Å². The summed E-state index contributed by atoms with van der Waals surface area (Å²) >= 11 is 11.9. The number of fused-ring (bicyclic) bond motifs is 1. The minimum atomic E-state index is -0.619. The minimum Gasteiger partial charge on any atom is -0.310 e. The number of amides is 1. The van der Waals surface area contributed by atoms with Crippen LogP contribution in [0.1, 0.15) is 30.1 Å². The smallest absolute Gasteiger partial charge is 0.310 e. The highest BCUT2D eigenvalue weighted by Gasteiger charge is 2.31. The summed E-state index contributed by atoms with van der Waals surface area (Å²) in [6.45, 7) is 0.333. The molecule has 1 atom stereocenters. The lowest BCUT2D eigenvalue weighted by Gasteiger charge is -2.20. The number of rotatable bonds is 4. The molecule has 3 heterocycles. The number of carbonyl (C=O) groups is 1. The summed E-state index contributed by atoms with van der Waals surface area (Å²) in [4.78, 5) is 29.6. The first-order valence-corrected chi connectivity index (χ1v) is 9.72. The largest absolute Gasteiger partial charge is 0.346 e. The second-order valence-corrected chi connectivity index (χ2v) is 7.54. The molecule has 10 heteroatoms. The van der Waals surface area contributed by atoms with Crippen molar-refractivity contribution in [2.24, 2.45) is 0 Å². The molecule has 0 bridgehead atoms. The normalized spacial score (nSPS) is 15.8. The van der Waals surface area contributed by atoms with Gasteiger partial charge in [-0.05, 0) is 37.1 Å². The Labute approximate surface area is 175 Å². The third kappa shape index (κ3) is 3.90. The number of pyridine rings is 1. The summed E-state index contributed by atoms with van der Waals surface area (Å²) in [6.07, 6.45) is 2.61. The number of anilines is 1. The SMILES string of the molecule is O=C(Nc1ccc(Cl)cn1)C1CCCn2c1nn(Cc1c(F)cccc1Cl)c2=O. The van der Waals surface area contributed by atoms with Crippen LogP contribution < -0.4 is 11.0 Å². The molecule has 4 rings (SSSR count). The fourth-order valence-corrected chi connectivity index (χ4v) is 3.69. The van der Waals surface area contributed by atoms with Crippen molar-refractivity contribution in [2.75, 3.05) is 5.32 Å². The van der Waals surface area contributed by atoms with E-state index in [9.17, 15) is 14.0 Å². The first kappa shape index (κ1) is 19.6. The summed E-state index contributed by atoms with van der Waals surface area (Å²) in [5.74, 6) is -0.747.